The summed E-state index contributed by atoms with van der Waals surface area (Å²) in [4.78, 5) is 10.2. The number of hydrogen-bond acceptors (Lipinski definition) is 4. The molecule has 138 valence electrons. The zero-order valence-corrected chi connectivity index (χ0v) is 15.8. The molecular weight excluding hydrogens is 335 g/mol. The predicted molar refractivity (Wildman–Crippen MR) is 99.7 cm³/mol. The second-order valence-corrected chi connectivity index (χ2v) is 9.66. The van der Waals surface area contributed by atoms with Gasteiger partial charge in [0.2, 0.25) is 7.37 Å². The van der Waals surface area contributed by atoms with Gasteiger partial charge >= 0.3 is 0 Å². The first-order valence-corrected chi connectivity index (χ1v) is 11.1. The lowest BCUT2D eigenvalue weighted by molar-refractivity contribution is 0.186. The topological polar surface area (TPSA) is 93.3 Å². The summed E-state index contributed by atoms with van der Waals surface area (Å²) in [5, 5.41) is 22.2. The Labute approximate surface area is 150 Å². The Morgan fingerprint density at radius 1 is 1.28 bits per heavy atom. The standard InChI is InChI=1S/C19H29N2O3P/c1-15(18-9-7-16(11-20)8-10-18)21-12-19(22)14-25(23,24)13-17-5-3-2-4-6-17/h7-10,15,17,19,21-22H,2-6,12-14H2,1H3,(H,23,24)/t15-,19+/m1/s1. The van der Waals surface area contributed by atoms with Crippen LogP contribution in [0.1, 0.15) is 56.2 Å². The van der Waals surface area contributed by atoms with E-state index in [0.29, 0.717) is 17.6 Å². The van der Waals surface area contributed by atoms with Crippen LogP contribution in [0.2, 0.25) is 0 Å². The molecule has 0 spiro atoms. The van der Waals surface area contributed by atoms with Gasteiger partial charge in [-0.3, -0.25) is 4.57 Å². The van der Waals surface area contributed by atoms with E-state index in [0.717, 1.165) is 31.2 Å². The van der Waals surface area contributed by atoms with Crippen LogP contribution in [0.4, 0.5) is 0 Å². The maximum Gasteiger partial charge on any atom is 0.203 e. The van der Waals surface area contributed by atoms with E-state index in [9.17, 15) is 14.6 Å². The van der Waals surface area contributed by atoms with E-state index in [1.807, 2.05) is 19.1 Å². The number of rotatable bonds is 8. The van der Waals surface area contributed by atoms with Gasteiger partial charge in [-0.1, -0.05) is 31.4 Å². The molecule has 0 bridgehead atoms. The average Bonchev–Trinajstić information content (AvgIpc) is 2.59. The maximum atomic E-state index is 12.4. The summed E-state index contributed by atoms with van der Waals surface area (Å²) in [5.41, 5.74) is 1.63. The van der Waals surface area contributed by atoms with Gasteiger partial charge in [-0.25, -0.2) is 0 Å². The predicted octanol–water partition coefficient (Wildman–Crippen LogP) is 3.42. The van der Waals surface area contributed by atoms with Crippen molar-refractivity contribution < 1.29 is 14.6 Å². The Morgan fingerprint density at radius 3 is 2.52 bits per heavy atom. The van der Waals surface area contributed by atoms with E-state index in [1.54, 1.807) is 12.1 Å². The first-order valence-electron chi connectivity index (χ1n) is 9.12. The molecule has 0 amide bonds. The highest BCUT2D eigenvalue weighted by molar-refractivity contribution is 7.58. The lowest BCUT2D eigenvalue weighted by Gasteiger charge is -2.25. The van der Waals surface area contributed by atoms with Crippen LogP contribution in [0.15, 0.2) is 24.3 Å². The first-order chi connectivity index (χ1) is 11.9. The fourth-order valence-electron chi connectivity index (χ4n) is 3.52. The lowest BCUT2D eigenvalue weighted by atomic mass is 9.91. The van der Waals surface area contributed by atoms with E-state index >= 15 is 0 Å². The summed E-state index contributed by atoms with van der Waals surface area (Å²) in [6, 6.07) is 9.36. The third-order valence-corrected chi connectivity index (χ3v) is 7.04. The van der Waals surface area contributed by atoms with Gasteiger partial charge < -0.3 is 15.3 Å². The molecule has 1 saturated carbocycles. The van der Waals surface area contributed by atoms with Crippen LogP contribution in [0.25, 0.3) is 0 Å². The number of aliphatic hydroxyl groups is 1. The van der Waals surface area contributed by atoms with Gasteiger partial charge in [0.1, 0.15) is 0 Å². The lowest BCUT2D eigenvalue weighted by Crippen LogP contribution is -2.32. The summed E-state index contributed by atoms with van der Waals surface area (Å²) in [7, 11) is -3.29. The molecule has 1 unspecified atom stereocenters. The minimum atomic E-state index is -3.29. The van der Waals surface area contributed by atoms with Gasteiger partial charge in [0, 0.05) is 18.7 Å². The molecule has 0 saturated heterocycles. The summed E-state index contributed by atoms with van der Waals surface area (Å²) in [6.45, 7) is 2.24. The number of hydrogen-bond donors (Lipinski definition) is 3. The van der Waals surface area contributed by atoms with Gasteiger partial charge in [-0.05, 0) is 43.4 Å². The van der Waals surface area contributed by atoms with Gasteiger partial charge in [0.15, 0.2) is 0 Å². The Balaban J connectivity index is 1.77. The second-order valence-electron chi connectivity index (χ2n) is 7.23. The highest BCUT2D eigenvalue weighted by Gasteiger charge is 2.28. The van der Waals surface area contributed by atoms with Crippen molar-refractivity contribution in [1.82, 2.24) is 5.32 Å². The van der Waals surface area contributed by atoms with E-state index in [-0.39, 0.29) is 18.7 Å². The molecule has 1 aliphatic carbocycles. The molecule has 0 aliphatic heterocycles. The van der Waals surface area contributed by atoms with Crippen molar-refractivity contribution in [3.63, 3.8) is 0 Å². The van der Waals surface area contributed by atoms with Crippen molar-refractivity contribution >= 4 is 7.37 Å². The largest absolute Gasteiger partial charge is 0.391 e. The monoisotopic (exact) mass is 364 g/mol. The van der Waals surface area contributed by atoms with Crippen molar-refractivity contribution in [2.45, 2.75) is 51.2 Å². The molecule has 0 heterocycles. The van der Waals surface area contributed by atoms with Crippen molar-refractivity contribution in [2.24, 2.45) is 5.92 Å². The third-order valence-electron chi connectivity index (χ3n) is 4.96. The van der Waals surface area contributed by atoms with Crippen molar-refractivity contribution in [2.75, 3.05) is 18.9 Å². The number of aliphatic hydroxyl groups excluding tert-OH is 1. The fraction of sp³-hybridized carbons (Fsp3) is 0.632. The molecule has 1 aromatic rings. The quantitative estimate of drug-likeness (QED) is 0.615. The molecule has 0 radical (unpaired) electrons. The molecule has 3 atom stereocenters. The molecule has 5 nitrogen and oxygen atoms in total. The number of benzene rings is 1. The van der Waals surface area contributed by atoms with Gasteiger partial charge in [-0.2, -0.15) is 5.26 Å². The minimum absolute atomic E-state index is 0.00110. The molecule has 6 heteroatoms. The van der Waals surface area contributed by atoms with Crippen LogP contribution < -0.4 is 5.32 Å². The molecule has 0 aromatic heterocycles. The fourth-order valence-corrected chi connectivity index (χ4v) is 5.63. The van der Waals surface area contributed by atoms with Gasteiger partial charge in [0.25, 0.3) is 0 Å². The van der Waals surface area contributed by atoms with Crippen LogP contribution in [0.3, 0.4) is 0 Å². The number of nitrogens with zero attached hydrogens (tertiary/aromatic N) is 1. The molecule has 1 fully saturated rings. The number of nitrogens with one attached hydrogen (secondary N) is 1. The van der Waals surface area contributed by atoms with Crippen molar-refractivity contribution in [3.05, 3.63) is 35.4 Å². The van der Waals surface area contributed by atoms with Crippen LogP contribution in [-0.4, -0.2) is 35.0 Å². The maximum absolute atomic E-state index is 12.4. The normalized spacial score (nSPS) is 20.4. The van der Waals surface area contributed by atoms with Crippen LogP contribution in [-0.2, 0) is 4.57 Å². The van der Waals surface area contributed by atoms with E-state index in [4.69, 9.17) is 5.26 Å². The van der Waals surface area contributed by atoms with E-state index in [1.165, 1.54) is 6.42 Å². The molecule has 1 aromatic carbocycles. The zero-order valence-electron chi connectivity index (χ0n) is 14.9. The molecular formula is C19H29N2O3P. The van der Waals surface area contributed by atoms with Crippen LogP contribution in [0, 0.1) is 17.2 Å². The van der Waals surface area contributed by atoms with Crippen LogP contribution >= 0.6 is 7.37 Å². The second kappa shape index (κ2) is 9.50. The molecule has 3 N–H and O–H groups in total. The Kier molecular flexibility index (Phi) is 7.65. The third kappa shape index (κ3) is 6.92. The first kappa shape index (κ1) is 20.1. The van der Waals surface area contributed by atoms with Crippen molar-refractivity contribution in [3.8, 4) is 6.07 Å². The summed E-state index contributed by atoms with van der Waals surface area (Å²) >= 11 is 0. The van der Waals surface area contributed by atoms with Crippen LogP contribution in [0.5, 0.6) is 0 Å². The SMILES string of the molecule is C[C@@H](NC[C@H](O)CP(=O)(O)CC1CCCCC1)c1ccc(C#N)cc1. The average molecular weight is 364 g/mol. The molecule has 25 heavy (non-hydrogen) atoms. The Morgan fingerprint density at radius 2 is 1.92 bits per heavy atom. The molecule has 2 rings (SSSR count). The van der Waals surface area contributed by atoms with Gasteiger partial charge in [-0.15, -0.1) is 0 Å². The van der Waals surface area contributed by atoms with E-state index in [2.05, 4.69) is 11.4 Å². The highest BCUT2D eigenvalue weighted by atomic mass is 31.2. The molecule has 1 aliphatic rings. The summed E-state index contributed by atoms with van der Waals surface area (Å²) < 4.78 is 12.4. The minimum Gasteiger partial charge on any atom is -0.391 e. The Bertz CT molecular complexity index is 621. The smallest absolute Gasteiger partial charge is 0.203 e. The van der Waals surface area contributed by atoms with Gasteiger partial charge in [0.05, 0.1) is 23.9 Å². The summed E-state index contributed by atoms with van der Waals surface area (Å²) in [6.07, 6.45) is 5.06. The highest BCUT2D eigenvalue weighted by Crippen LogP contribution is 2.45. The van der Waals surface area contributed by atoms with Crippen molar-refractivity contribution in [1.29, 1.82) is 5.26 Å². The summed E-state index contributed by atoms with van der Waals surface area (Å²) in [5.74, 6) is 0.335. The number of nitriles is 1. The van der Waals surface area contributed by atoms with E-state index < -0.39 is 13.5 Å². The Hall–Kier alpha value is -1.18. The zero-order chi connectivity index (χ0) is 18.3.